The second-order valence-electron chi connectivity index (χ2n) is 3.69. The van der Waals surface area contributed by atoms with Gasteiger partial charge in [0.25, 0.3) is 0 Å². The summed E-state index contributed by atoms with van der Waals surface area (Å²) in [6, 6.07) is 0.0152. The Labute approximate surface area is 76.3 Å². The van der Waals surface area contributed by atoms with E-state index < -0.39 is 6.09 Å². The van der Waals surface area contributed by atoms with Crippen molar-refractivity contribution in [2.45, 2.75) is 31.0 Å². The molecule has 5 heteroatoms. The van der Waals surface area contributed by atoms with Crippen molar-refractivity contribution in [1.82, 2.24) is 10.2 Å². The molecule has 0 aromatic carbocycles. The minimum Gasteiger partial charge on any atom is -0.465 e. The van der Waals surface area contributed by atoms with Crippen molar-refractivity contribution in [3.63, 3.8) is 0 Å². The minimum absolute atomic E-state index is 0.0150. The first-order valence-corrected chi connectivity index (χ1v) is 4.59. The molecular weight excluding hydrogens is 172 g/mol. The lowest BCUT2D eigenvalue weighted by atomic mass is 10.1. The van der Waals surface area contributed by atoms with E-state index in [0.29, 0.717) is 6.54 Å². The van der Waals surface area contributed by atoms with Crippen molar-refractivity contribution < 1.29 is 15.0 Å². The number of aliphatic hydroxyl groups is 1. The van der Waals surface area contributed by atoms with E-state index in [4.69, 9.17) is 10.2 Å². The maximum atomic E-state index is 10.9. The minimum atomic E-state index is -0.854. The van der Waals surface area contributed by atoms with Crippen molar-refractivity contribution in [2.75, 3.05) is 13.2 Å². The lowest BCUT2D eigenvalue weighted by Crippen LogP contribution is -2.60. The Morgan fingerprint density at radius 1 is 1.54 bits per heavy atom. The standard InChI is InChI=1S/C8H14N2O3/c11-4-6-7-2-1-5(3-9-6)10(7)8(12)13/h5-7,9,11H,1-4H2,(H,12,13). The zero-order chi connectivity index (χ0) is 9.42. The highest BCUT2D eigenvalue weighted by atomic mass is 16.4. The number of nitrogens with one attached hydrogen (secondary N) is 1. The average Bonchev–Trinajstić information content (AvgIpc) is 2.42. The zero-order valence-electron chi connectivity index (χ0n) is 7.31. The number of rotatable bonds is 1. The normalized spacial score (nSPS) is 37.9. The topological polar surface area (TPSA) is 72.8 Å². The van der Waals surface area contributed by atoms with Crippen molar-refractivity contribution in [3.8, 4) is 0 Å². The van der Waals surface area contributed by atoms with Gasteiger partial charge in [0.15, 0.2) is 0 Å². The smallest absolute Gasteiger partial charge is 0.407 e. The quantitative estimate of drug-likeness (QED) is 0.514. The third-order valence-corrected chi connectivity index (χ3v) is 3.04. The molecule has 3 N–H and O–H groups in total. The molecule has 1 amide bonds. The fraction of sp³-hybridized carbons (Fsp3) is 0.875. The van der Waals surface area contributed by atoms with E-state index in [-0.39, 0.29) is 24.7 Å². The van der Waals surface area contributed by atoms with E-state index in [0.717, 1.165) is 12.8 Å². The summed E-state index contributed by atoms with van der Waals surface area (Å²) in [5, 5.41) is 21.1. The van der Waals surface area contributed by atoms with E-state index in [1.165, 1.54) is 4.90 Å². The molecule has 5 nitrogen and oxygen atoms in total. The maximum absolute atomic E-state index is 10.9. The van der Waals surface area contributed by atoms with Gasteiger partial charge < -0.3 is 15.5 Å². The van der Waals surface area contributed by atoms with Crippen LogP contribution in [0.25, 0.3) is 0 Å². The van der Waals surface area contributed by atoms with E-state index in [9.17, 15) is 4.79 Å². The van der Waals surface area contributed by atoms with Crippen LogP contribution in [0.15, 0.2) is 0 Å². The molecule has 13 heavy (non-hydrogen) atoms. The molecule has 2 heterocycles. The van der Waals surface area contributed by atoms with Crippen molar-refractivity contribution >= 4 is 6.09 Å². The van der Waals surface area contributed by atoms with Gasteiger partial charge in [-0.15, -0.1) is 0 Å². The molecule has 74 valence electrons. The first kappa shape index (κ1) is 8.77. The van der Waals surface area contributed by atoms with Gasteiger partial charge >= 0.3 is 6.09 Å². The van der Waals surface area contributed by atoms with Crippen LogP contribution in [0.1, 0.15) is 12.8 Å². The van der Waals surface area contributed by atoms with Gasteiger partial charge in [-0.1, -0.05) is 0 Å². The summed E-state index contributed by atoms with van der Waals surface area (Å²) in [7, 11) is 0. The summed E-state index contributed by atoms with van der Waals surface area (Å²) in [5.74, 6) is 0. The molecule has 2 aliphatic rings. The molecule has 2 aliphatic heterocycles. The Morgan fingerprint density at radius 3 is 2.92 bits per heavy atom. The Morgan fingerprint density at radius 2 is 2.31 bits per heavy atom. The zero-order valence-corrected chi connectivity index (χ0v) is 7.31. The molecule has 0 aromatic rings. The molecule has 2 fully saturated rings. The third-order valence-electron chi connectivity index (χ3n) is 3.04. The van der Waals surface area contributed by atoms with Crippen LogP contribution in [0.3, 0.4) is 0 Å². The predicted molar refractivity (Wildman–Crippen MR) is 45.6 cm³/mol. The van der Waals surface area contributed by atoms with Crippen LogP contribution in [0.4, 0.5) is 4.79 Å². The van der Waals surface area contributed by atoms with E-state index >= 15 is 0 Å². The second-order valence-corrected chi connectivity index (χ2v) is 3.69. The molecule has 3 unspecified atom stereocenters. The fourth-order valence-corrected chi connectivity index (χ4v) is 2.42. The summed E-state index contributed by atoms with van der Waals surface area (Å²) >= 11 is 0. The number of piperazine rings is 1. The highest BCUT2D eigenvalue weighted by molar-refractivity contribution is 5.66. The monoisotopic (exact) mass is 186 g/mol. The van der Waals surface area contributed by atoms with Gasteiger partial charge in [-0.25, -0.2) is 4.79 Å². The molecule has 3 atom stereocenters. The Hall–Kier alpha value is -0.810. The Kier molecular flexibility index (Phi) is 2.13. The average molecular weight is 186 g/mol. The summed E-state index contributed by atoms with van der Waals surface area (Å²) in [5.41, 5.74) is 0. The number of carbonyl (C=O) groups is 1. The summed E-state index contributed by atoms with van der Waals surface area (Å²) in [6.07, 6.45) is 0.933. The van der Waals surface area contributed by atoms with Crippen LogP contribution in [0.5, 0.6) is 0 Å². The molecule has 0 spiro atoms. The first-order valence-electron chi connectivity index (χ1n) is 4.59. The van der Waals surface area contributed by atoms with Gasteiger partial charge in [0.2, 0.25) is 0 Å². The van der Waals surface area contributed by atoms with E-state index in [2.05, 4.69) is 5.32 Å². The number of carboxylic acid groups (broad SMARTS) is 1. The highest BCUT2D eigenvalue weighted by Gasteiger charge is 2.44. The van der Waals surface area contributed by atoms with Crippen molar-refractivity contribution in [1.29, 1.82) is 0 Å². The third kappa shape index (κ3) is 1.28. The van der Waals surface area contributed by atoms with Crippen LogP contribution in [-0.4, -0.2) is 52.5 Å². The van der Waals surface area contributed by atoms with Gasteiger partial charge in [0.05, 0.1) is 18.7 Å². The molecule has 0 aromatic heterocycles. The largest absolute Gasteiger partial charge is 0.465 e. The summed E-state index contributed by atoms with van der Waals surface area (Å²) in [6.45, 7) is 0.690. The number of fused-ring (bicyclic) bond motifs is 2. The molecular formula is C8H14N2O3. The molecule has 2 bridgehead atoms. The molecule has 2 rings (SSSR count). The van der Waals surface area contributed by atoms with Gasteiger partial charge in [-0.05, 0) is 12.8 Å². The maximum Gasteiger partial charge on any atom is 0.407 e. The SMILES string of the molecule is O=C(O)N1C2CCC1C(CO)NC2. The van der Waals surface area contributed by atoms with Crippen LogP contribution >= 0.6 is 0 Å². The first-order chi connectivity index (χ1) is 6.24. The Bertz CT molecular complexity index is 221. The summed E-state index contributed by atoms with van der Waals surface area (Å²) in [4.78, 5) is 12.4. The fourth-order valence-electron chi connectivity index (χ4n) is 2.42. The number of hydrogen-bond acceptors (Lipinski definition) is 3. The number of nitrogens with zero attached hydrogens (tertiary/aromatic N) is 1. The summed E-state index contributed by atoms with van der Waals surface area (Å²) < 4.78 is 0. The van der Waals surface area contributed by atoms with Gasteiger partial charge in [0, 0.05) is 12.6 Å². The van der Waals surface area contributed by atoms with Crippen LogP contribution in [-0.2, 0) is 0 Å². The number of hydrogen-bond donors (Lipinski definition) is 3. The predicted octanol–water partition coefficient (Wildman–Crippen LogP) is -0.539. The molecule has 2 saturated heterocycles. The van der Waals surface area contributed by atoms with Gasteiger partial charge in [-0.3, -0.25) is 4.90 Å². The lowest BCUT2D eigenvalue weighted by Gasteiger charge is -2.38. The van der Waals surface area contributed by atoms with Crippen LogP contribution in [0, 0.1) is 0 Å². The van der Waals surface area contributed by atoms with Crippen LogP contribution in [0.2, 0.25) is 0 Å². The lowest BCUT2D eigenvalue weighted by molar-refractivity contribution is 0.0749. The second kappa shape index (κ2) is 3.16. The Balaban J connectivity index is 2.15. The van der Waals surface area contributed by atoms with Crippen LogP contribution < -0.4 is 5.32 Å². The number of aliphatic hydroxyl groups excluding tert-OH is 1. The molecule has 0 radical (unpaired) electrons. The number of amides is 1. The van der Waals surface area contributed by atoms with E-state index in [1.807, 2.05) is 0 Å². The highest BCUT2D eigenvalue weighted by Crippen LogP contribution is 2.29. The molecule has 0 saturated carbocycles. The van der Waals surface area contributed by atoms with E-state index in [1.54, 1.807) is 0 Å². The molecule has 0 aliphatic carbocycles. The van der Waals surface area contributed by atoms with Gasteiger partial charge in [-0.2, -0.15) is 0 Å². The van der Waals surface area contributed by atoms with Gasteiger partial charge in [0.1, 0.15) is 0 Å². The van der Waals surface area contributed by atoms with Crippen molar-refractivity contribution in [2.24, 2.45) is 0 Å². The van der Waals surface area contributed by atoms with Crippen molar-refractivity contribution in [3.05, 3.63) is 0 Å².